The lowest BCUT2D eigenvalue weighted by Crippen LogP contribution is -2.32. The summed E-state index contributed by atoms with van der Waals surface area (Å²) in [6.07, 6.45) is 0. The van der Waals surface area contributed by atoms with Gasteiger partial charge >= 0.3 is 0 Å². The van der Waals surface area contributed by atoms with Crippen LogP contribution >= 0.6 is 0 Å². The molecule has 0 aliphatic rings. The van der Waals surface area contributed by atoms with Crippen molar-refractivity contribution in [3.63, 3.8) is 0 Å². The molecule has 0 fully saturated rings. The van der Waals surface area contributed by atoms with Gasteiger partial charge in [0.2, 0.25) is 10.0 Å². The van der Waals surface area contributed by atoms with Gasteiger partial charge in [-0.3, -0.25) is 0 Å². The van der Waals surface area contributed by atoms with E-state index in [1.165, 1.54) is 6.07 Å². The van der Waals surface area contributed by atoms with Crippen LogP contribution < -0.4 is 0 Å². The Morgan fingerprint density at radius 1 is 0.950 bits per heavy atom. The second-order valence-electron chi connectivity index (χ2n) is 4.07. The number of fused-ring (bicyclic) bond motifs is 1. The molecule has 0 saturated heterocycles. The Morgan fingerprint density at radius 3 is 2.20 bits per heavy atom. The summed E-state index contributed by atoms with van der Waals surface area (Å²) in [6, 6.07) is 15.6. The lowest BCUT2D eigenvalue weighted by Gasteiger charge is -2.17. The molecule has 0 aliphatic carbocycles. The van der Waals surface area contributed by atoms with Gasteiger partial charge in [0.05, 0.1) is 17.0 Å². The Bertz CT molecular complexity index is 795. The quantitative estimate of drug-likeness (QED) is 0.803. The molecule has 6 heteroatoms. The highest BCUT2D eigenvalue weighted by atomic mass is 32.2. The standard InChI is InChI=1S/C14H11N3O2S/c15-8-10-17(11-9-16)20(18,19)14-7-3-5-12-4-1-2-6-13(12)14/h1-7H,10-11H2. The number of sulfonamides is 1. The average Bonchev–Trinajstić information content (AvgIpc) is 2.46. The summed E-state index contributed by atoms with van der Waals surface area (Å²) < 4.78 is 26.0. The van der Waals surface area contributed by atoms with Crippen molar-refractivity contribution < 1.29 is 8.42 Å². The Balaban J connectivity index is 2.63. The van der Waals surface area contributed by atoms with E-state index in [1.54, 1.807) is 30.3 Å². The molecule has 0 radical (unpaired) electrons. The molecular weight excluding hydrogens is 274 g/mol. The fourth-order valence-corrected chi connectivity index (χ4v) is 3.39. The van der Waals surface area contributed by atoms with E-state index >= 15 is 0 Å². The molecule has 100 valence electrons. The van der Waals surface area contributed by atoms with Gasteiger partial charge < -0.3 is 0 Å². The largest absolute Gasteiger partial charge is 0.245 e. The zero-order valence-corrected chi connectivity index (χ0v) is 11.3. The highest BCUT2D eigenvalue weighted by Gasteiger charge is 2.25. The monoisotopic (exact) mass is 285 g/mol. The van der Waals surface area contributed by atoms with Gasteiger partial charge in [0, 0.05) is 5.39 Å². The SMILES string of the molecule is N#CCN(CC#N)S(=O)(=O)c1cccc2ccccc12. The molecule has 20 heavy (non-hydrogen) atoms. The molecular formula is C14H11N3O2S. The van der Waals surface area contributed by atoms with Gasteiger partial charge in [-0.1, -0.05) is 36.4 Å². The molecule has 2 aromatic rings. The van der Waals surface area contributed by atoms with Crippen LogP contribution in [0.25, 0.3) is 10.8 Å². The first-order chi connectivity index (χ1) is 9.61. The van der Waals surface area contributed by atoms with Crippen LogP contribution in [0.2, 0.25) is 0 Å². The third kappa shape index (κ3) is 2.48. The van der Waals surface area contributed by atoms with Gasteiger partial charge in [0.25, 0.3) is 0 Å². The lowest BCUT2D eigenvalue weighted by atomic mass is 10.1. The molecule has 0 heterocycles. The van der Waals surface area contributed by atoms with E-state index in [0.29, 0.717) is 5.39 Å². The van der Waals surface area contributed by atoms with Crippen molar-refractivity contribution in [3.05, 3.63) is 42.5 Å². The van der Waals surface area contributed by atoms with Gasteiger partial charge in [0.15, 0.2) is 0 Å². The first kappa shape index (κ1) is 14.0. The summed E-state index contributed by atoms with van der Waals surface area (Å²) in [5.41, 5.74) is 0. The zero-order valence-electron chi connectivity index (χ0n) is 10.5. The minimum atomic E-state index is -3.86. The van der Waals surface area contributed by atoms with E-state index in [2.05, 4.69) is 0 Å². The van der Waals surface area contributed by atoms with Crippen LogP contribution in [-0.4, -0.2) is 25.8 Å². The molecule has 0 saturated carbocycles. The summed E-state index contributed by atoms with van der Waals surface area (Å²) in [4.78, 5) is 0.112. The smallest absolute Gasteiger partial charge is 0.207 e. The maximum Gasteiger partial charge on any atom is 0.245 e. The minimum Gasteiger partial charge on any atom is -0.207 e. The first-order valence-corrected chi connectivity index (χ1v) is 7.27. The zero-order chi connectivity index (χ0) is 14.6. The molecule has 0 N–H and O–H groups in total. The third-order valence-corrected chi connectivity index (χ3v) is 4.71. The topological polar surface area (TPSA) is 85.0 Å². The van der Waals surface area contributed by atoms with Crippen LogP contribution in [0.3, 0.4) is 0 Å². The Kier molecular flexibility index (Phi) is 3.99. The van der Waals surface area contributed by atoms with Crippen molar-refractivity contribution in [1.29, 1.82) is 10.5 Å². The molecule has 0 bridgehead atoms. The summed E-state index contributed by atoms with van der Waals surface area (Å²) in [5.74, 6) is 0. The molecule has 0 aliphatic heterocycles. The lowest BCUT2D eigenvalue weighted by molar-refractivity contribution is 0.480. The number of nitriles is 2. The van der Waals surface area contributed by atoms with E-state index in [4.69, 9.17) is 10.5 Å². The number of rotatable bonds is 4. The number of hydrogen-bond acceptors (Lipinski definition) is 4. The predicted octanol–water partition coefficient (Wildman–Crippen LogP) is 1.88. The van der Waals surface area contributed by atoms with Gasteiger partial charge in [-0.2, -0.15) is 14.8 Å². The van der Waals surface area contributed by atoms with Gasteiger partial charge in [-0.05, 0) is 11.5 Å². The fourth-order valence-electron chi connectivity index (χ4n) is 1.94. The van der Waals surface area contributed by atoms with Crippen molar-refractivity contribution in [2.45, 2.75) is 4.90 Å². The van der Waals surface area contributed by atoms with Crippen LogP contribution in [0.5, 0.6) is 0 Å². The Labute approximate surface area is 117 Å². The molecule has 2 rings (SSSR count). The first-order valence-electron chi connectivity index (χ1n) is 5.83. The van der Waals surface area contributed by atoms with E-state index in [1.807, 2.05) is 18.2 Å². The Hall–Kier alpha value is -2.41. The summed E-state index contributed by atoms with van der Waals surface area (Å²) in [6.45, 7) is -0.696. The van der Waals surface area contributed by atoms with Gasteiger partial charge in [-0.15, -0.1) is 0 Å². The number of hydrogen-bond donors (Lipinski definition) is 0. The summed E-state index contributed by atoms with van der Waals surface area (Å²) in [7, 11) is -3.86. The molecule has 0 spiro atoms. The number of nitrogens with zero attached hydrogens (tertiary/aromatic N) is 3. The number of benzene rings is 2. The Morgan fingerprint density at radius 2 is 1.55 bits per heavy atom. The normalized spacial score (nSPS) is 11.2. The molecule has 0 aromatic heterocycles. The summed E-state index contributed by atoms with van der Waals surface area (Å²) in [5, 5.41) is 18.8. The second-order valence-corrected chi connectivity index (χ2v) is 5.97. The highest BCUT2D eigenvalue weighted by Crippen LogP contribution is 2.25. The molecule has 2 aromatic carbocycles. The van der Waals surface area contributed by atoms with Crippen LogP contribution in [0.1, 0.15) is 0 Å². The molecule has 0 unspecified atom stereocenters. The van der Waals surface area contributed by atoms with E-state index in [-0.39, 0.29) is 18.0 Å². The second kappa shape index (κ2) is 5.70. The maximum atomic E-state index is 12.5. The van der Waals surface area contributed by atoms with Crippen LogP contribution in [0.4, 0.5) is 0 Å². The van der Waals surface area contributed by atoms with E-state index in [9.17, 15) is 8.42 Å². The van der Waals surface area contributed by atoms with Crippen molar-refractivity contribution in [2.75, 3.05) is 13.1 Å². The predicted molar refractivity (Wildman–Crippen MR) is 73.9 cm³/mol. The summed E-state index contributed by atoms with van der Waals surface area (Å²) >= 11 is 0. The van der Waals surface area contributed by atoms with Gasteiger partial charge in [-0.25, -0.2) is 8.42 Å². The van der Waals surface area contributed by atoms with Crippen molar-refractivity contribution in [1.82, 2.24) is 4.31 Å². The van der Waals surface area contributed by atoms with Gasteiger partial charge in [0.1, 0.15) is 13.1 Å². The van der Waals surface area contributed by atoms with E-state index < -0.39 is 10.0 Å². The third-order valence-electron chi connectivity index (χ3n) is 2.86. The van der Waals surface area contributed by atoms with E-state index in [0.717, 1.165) is 9.69 Å². The van der Waals surface area contributed by atoms with Crippen molar-refractivity contribution in [2.24, 2.45) is 0 Å². The van der Waals surface area contributed by atoms with Crippen molar-refractivity contribution >= 4 is 20.8 Å². The van der Waals surface area contributed by atoms with Crippen LogP contribution in [0.15, 0.2) is 47.4 Å². The minimum absolute atomic E-state index is 0.112. The van der Waals surface area contributed by atoms with Crippen LogP contribution in [0, 0.1) is 22.7 Å². The fraction of sp³-hybridized carbons (Fsp3) is 0.143. The maximum absolute atomic E-state index is 12.5. The van der Waals surface area contributed by atoms with Crippen LogP contribution in [-0.2, 0) is 10.0 Å². The van der Waals surface area contributed by atoms with Crippen molar-refractivity contribution in [3.8, 4) is 12.1 Å². The molecule has 0 atom stereocenters. The molecule has 5 nitrogen and oxygen atoms in total. The molecule has 0 amide bonds. The highest BCUT2D eigenvalue weighted by molar-refractivity contribution is 7.89. The average molecular weight is 285 g/mol.